The number of carbonyl (C=O) groups is 1. The fourth-order valence-electron chi connectivity index (χ4n) is 1.69. The first-order valence-corrected chi connectivity index (χ1v) is 7.16. The lowest BCUT2D eigenvalue weighted by Crippen LogP contribution is -2.23. The van der Waals surface area contributed by atoms with Gasteiger partial charge in [-0.3, -0.25) is 4.79 Å². The van der Waals surface area contributed by atoms with Crippen molar-refractivity contribution in [1.29, 1.82) is 0 Å². The zero-order valence-electron chi connectivity index (χ0n) is 11.4. The Morgan fingerprint density at radius 2 is 2.33 bits per heavy atom. The molecule has 3 N–H and O–H groups in total. The van der Waals surface area contributed by atoms with Crippen molar-refractivity contribution in [2.45, 2.75) is 13.5 Å². The molecule has 0 unspecified atom stereocenters. The fourth-order valence-corrected chi connectivity index (χ4v) is 2.41. The van der Waals surface area contributed by atoms with Crippen LogP contribution in [0.2, 0.25) is 0 Å². The molecule has 6 heteroatoms. The van der Waals surface area contributed by atoms with E-state index in [1.807, 2.05) is 12.3 Å². The van der Waals surface area contributed by atoms with Gasteiger partial charge in [-0.05, 0) is 25.1 Å². The highest BCUT2D eigenvalue weighted by Gasteiger charge is 2.12. The van der Waals surface area contributed by atoms with Gasteiger partial charge in [-0.1, -0.05) is 11.8 Å². The van der Waals surface area contributed by atoms with Crippen LogP contribution in [-0.2, 0) is 6.54 Å². The zero-order chi connectivity index (χ0) is 15.2. The molecule has 0 aliphatic carbocycles. The van der Waals surface area contributed by atoms with Crippen LogP contribution in [0.3, 0.4) is 0 Å². The molecule has 0 saturated carbocycles. The van der Waals surface area contributed by atoms with Gasteiger partial charge in [0.05, 0.1) is 18.7 Å². The normalized spacial score (nSPS) is 9.86. The summed E-state index contributed by atoms with van der Waals surface area (Å²) in [7, 11) is 0. The van der Waals surface area contributed by atoms with Gasteiger partial charge < -0.3 is 11.1 Å². The molecule has 4 nitrogen and oxygen atoms in total. The van der Waals surface area contributed by atoms with Gasteiger partial charge in [0, 0.05) is 16.6 Å². The van der Waals surface area contributed by atoms with Crippen molar-refractivity contribution in [3.8, 4) is 11.8 Å². The third-order valence-electron chi connectivity index (χ3n) is 2.62. The van der Waals surface area contributed by atoms with Crippen molar-refractivity contribution in [3.05, 3.63) is 51.2 Å². The topological polar surface area (TPSA) is 68.0 Å². The monoisotopic (exact) mass is 303 g/mol. The second-order valence-electron chi connectivity index (χ2n) is 4.26. The molecule has 2 aromatic rings. The third kappa shape index (κ3) is 4.12. The van der Waals surface area contributed by atoms with E-state index in [2.05, 4.69) is 22.1 Å². The first-order chi connectivity index (χ1) is 10.1. The standard InChI is InChI=1S/C15H14FN3OS/c1-10-9-21-14(19-10)8-18-15(20)13-7-12(16)5-4-11(13)3-2-6-17/h4-5,7,9H,6,8,17H2,1H3,(H,18,20). The fraction of sp³-hybridized carbons (Fsp3) is 0.200. The molecule has 0 fully saturated rings. The smallest absolute Gasteiger partial charge is 0.253 e. The molecular weight excluding hydrogens is 289 g/mol. The maximum absolute atomic E-state index is 13.3. The lowest BCUT2D eigenvalue weighted by atomic mass is 10.1. The number of nitrogens with one attached hydrogen (secondary N) is 1. The highest BCUT2D eigenvalue weighted by Crippen LogP contribution is 2.12. The Labute approximate surface area is 126 Å². The van der Waals surface area contributed by atoms with E-state index in [4.69, 9.17) is 5.73 Å². The summed E-state index contributed by atoms with van der Waals surface area (Å²) in [6.07, 6.45) is 0. The second-order valence-corrected chi connectivity index (χ2v) is 5.20. The van der Waals surface area contributed by atoms with Gasteiger partial charge in [0.25, 0.3) is 5.91 Å². The van der Waals surface area contributed by atoms with Crippen LogP contribution in [0.25, 0.3) is 0 Å². The SMILES string of the molecule is Cc1csc(CNC(=O)c2cc(F)ccc2C#CCN)n1. The van der Waals surface area contributed by atoms with Gasteiger partial charge in [0.1, 0.15) is 10.8 Å². The summed E-state index contributed by atoms with van der Waals surface area (Å²) in [5, 5.41) is 5.42. The minimum atomic E-state index is -0.483. The number of nitrogens with zero attached hydrogens (tertiary/aromatic N) is 1. The first kappa shape index (κ1) is 15.2. The number of nitrogens with two attached hydrogens (primary N) is 1. The Kier molecular flexibility index (Phi) is 5.04. The highest BCUT2D eigenvalue weighted by atomic mass is 32.1. The molecule has 21 heavy (non-hydrogen) atoms. The predicted molar refractivity (Wildman–Crippen MR) is 80.4 cm³/mol. The summed E-state index contributed by atoms with van der Waals surface area (Å²) >= 11 is 1.46. The highest BCUT2D eigenvalue weighted by molar-refractivity contribution is 7.09. The van der Waals surface area contributed by atoms with Gasteiger partial charge in [-0.25, -0.2) is 9.37 Å². The number of benzene rings is 1. The number of thiazole rings is 1. The van der Waals surface area contributed by atoms with E-state index in [1.165, 1.54) is 29.5 Å². The largest absolute Gasteiger partial charge is 0.345 e. The number of aromatic nitrogens is 1. The minimum absolute atomic E-state index is 0.177. The summed E-state index contributed by atoms with van der Waals surface area (Å²) in [5.41, 5.74) is 6.87. The Bertz CT molecular complexity index is 715. The molecule has 1 heterocycles. The number of aryl methyl sites for hydroxylation is 1. The molecule has 0 radical (unpaired) electrons. The van der Waals surface area contributed by atoms with Crippen LogP contribution in [-0.4, -0.2) is 17.4 Å². The van der Waals surface area contributed by atoms with Crippen molar-refractivity contribution in [1.82, 2.24) is 10.3 Å². The molecule has 0 atom stereocenters. The van der Waals surface area contributed by atoms with E-state index in [1.54, 1.807) is 0 Å². The summed E-state index contributed by atoms with van der Waals surface area (Å²) in [6.45, 7) is 2.36. The van der Waals surface area contributed by atoms with Crippen LogP contribution in [0, 0.1) is 24.6 Å². The Morgan fingerprint density at radius 1 is 1.52 bits per heavy atom. The Hall–Kier alpha value is -2.23. The van der Waals surface area contributed by atoms with Crippen LogP contribution >= 0.6 is 11.3 Å². The summed E-state index contributed by atoms with van der Waals surface area (Å²) in [6, 6.07) is 3.91. The number of amides is 1. The molecular formula is C15H14FN3OS. The molecule has 0 saturated heterocycles. The quantitative estimate of drug-likeness (QED) is 0.850. The third-order valence-corrected chi connectivity index (χ3v) is 3.58. The van der Waals surface area contributed by atoms with Crippen molar-refractivity contribution >= 4 is 17.2 Å². The van der Waals surface area contributed by atoms with Crippen molar-refractivity contribution < 1.29 is 9.18 Å². The maximum atomic E-state index is 13.3. The predicted octanol–water partition coefficient (Wildman–Crippen LogP) is 1.83. The first-order valence-electron chi connectivity index (χ1n) is 6.28. The van der Waals surface area contributed by atoms with Gasteiger partial charge in [-0.2, -0.15) is 0 Å². The van der Waals surface area contributed by atoms with Crippen molar-refractivity contribution in [2.75, 3.05) is 6.54 Å². The molecule has 0 aliphatic heterocycles. The van der Waals surface area contributed by atoms with E-state index < -0.39 is 5.82 Å². The van der Waals surface area contributed by atoms with Gasteiger partial charge in [-0.15, -0.1) is 11.3 Å². The average molecular weight is 303 g/mol. The van der Waals surface area contributed by atoms with Gasteiger partial charge in [0.2, 0.25) is 0 Å². The molecule has 0 aliphatic rings. The lowest BCUT2D eigenvalue weighted by Gasteiger charge is -2.06. The second kappa shape index (κ2) is 6.97. The van der Waals surface area contributed by atoms with E-state index in [0.29, 0.717) is 12.1 Å². The summed E-state index contributed by atoms with van der Waals surface area (Å²) < 4.78 is 13.3. The van der Waals surface area contributed by atoms with Crippen LogP contribution in [0.1, 0.15) is 26.6 Å². The molecule has 2 rings (SSSR count). The zero-order valence-corrected chi connectivity index (χ0v) is 12.3. The van der Waals surface area contributed by atoms with Gasteiger partial charge in [0.15, 0.2) is 0 Å². The van der Waals surface area contributed by atoms with Crippen LogP contribution in [0.15, 0.2) is 23.6 Å². The van der Waals surface area contributed by atoms with E-state index in [-0.39, 0.29) is 18.0 Å². The molecule has 108 valence electrons. The Balaban J connectivity index is 2.15. The molecule has 1 aromatic heterocycles. The van der Waals surface area contributed by atoms with E-state index >= 15 is 0 Å². The van der Waals surface area contributed by atoms with Crippen LogP contribution < -0.4 is 11.1 Å². The average Bonchev–Trinajstić information content (AvgIpc) is 2.89. The molecule has 1 amide bonds. The Morgan fingerprint density at radius 3 is 3.00 bits per heavy atom. The van der Waals surface area contributed by atoms with Crippen molar-refractivity contribution in [3.63, 3.8) is 0 Å². The number of carbonyl (C=O) groups excluding carboxylic acids is 1. The molecule has 0 bridgehead atoms. The minimum Gasteiger partial charge on any atom is -0.345 e. The maximum Gasteiger partial charge on any atom is 0.253 e. The van der Waals surface area contributed by atoms with Crippen molar-refractivity contribution in [2.24, 2.45) is 5.73 Å². The number of halogens is 1. The van der Waals surface area contributed by atoms with E-state index in [9.17, 15) is 9.18 Å². The number of hydrogen-bond donors (Lipinski definition) is 2. The number of hydrogen-bond acceptors (Lipinski definition) is 4. The molecule has 0 spiro atoms. The lowest BCUT2D eigenvalue weighted by molar-refractivity contribution is 0.0950. The van der Waals surface area contributed by atoms with Gasteiger partial charge >= 0.3 is 0 Å². The number of rotatable bonds is 3. The summed E-state index contributed by atoms with van der Waals surface area (Å²) in [5.74, 6) is 4.56. The van der Waals surface area contributed by atoms with Crippen LogP contribution in [0.4, 0.5) is 4.39 Å². The van der Waals surface area contributed by atoms with E-state index in [0.717, 1.165) is 10.7 Å². The summed E-state index contributed by atoms with van der Waals surface area (Å²) in [4.78, 5) is 16.4. The van der Waals surface area contributed by atoms with Crippen LogP contribution in [0.5, 0.6) is 0 Å². The molecule has 1 aromatic carbocycles.